The molecule has 0 bridgehead atoms. The molecule has 1 unspecified atom stereocenters. The van der Waals surface area contributed by atoms with Gasteiger partial charge in [0, 0.05) is 10.9 Å². The maximum atomic E-state index is 11.5. The number of carbonyl (C=O) groups is 1. The minimum Gasteiger partial charge on any atom is -0.481 e. The van der Waals surface area contributed by atoms with Gasteiger partial charge in [0.25, 0.3) is 0 Å². The fourth-order valence-corrected chi connectivity index (χ4v) is 3.11. The number of hydrogen-bond donors (Lipinski definition) is 1. The van der Waals surface area contributed by atoms with Crippen molar-refractivity contribution in [2.24, 2.45) is 11.3 Å². The molecule has 1 atom stereocenters. The molecule has 114 valence electrons. The number of rotatable bonds is 5. The van der Waals surface area contributed by atoms with Crippen LogP contribution in [0.3, 0.4) is 0 Å². The van der Waals surface area contributed by atoms with E-state index in [0.29, 0.717) is 12.2 Å². The lowest BCUT2D eigenvalue weighted by Gasteiger charge is -2.23. The van der Waals surface area contributed by atoms with E-state index in [-0.39, 0.29) is 12.0 Å². The van der Waals surface area contributed by atoms with Crippen molar-refractivity contribution in [1.82, 2.24) is 20.2 Å². The lowest BCUT2D eigenvalue weighted by atomic mass is 9.84. The molecule has 2 heterocycles. The number of carboxylic acids is 1. The van der Waals surface area contributed by atoms with E-state index >= 15 is 0 Å². The van der Waals surface area contributed by atoms with Crippen molar-refractivity contribution < 1.29 is 9.90 Å². The molecule has 0 aliphatic rings. The quantitative estimate of drug-likeness (QED) is 0.918. The van der Waals surface area contributed by atoms with Gasteiger partial charge in [-0.15, -0.1) is 5.10 Å². The highest BCUT2D eigenvalue weighted by Crippen LogP contribution is 2.28. The third-order valence-electron chi connectivity index (χ3n) is 3.23. The first kappa shape index (κ1) is 15.6. The highest BCUT2D eigenvalue weighted by atomic mass is 32.1. The van der Waals surface area contributed by atoms with Crippen LogP contribution in [-0.2, 0) is 11.3 Å². The molecule has 0 spiro atoms. The molecule has 2 aromatic heterocycles. The maximum absolute atomic E-state index is 11.5. The van der Waals surface area contributed by atoms with Crippen LogP contribution in [0, 0.1) is 18.3 Å². The van der Waals surface area contributed by atoms with Crippen molar-refractivity contribution in [3.05, 3.63) is 16.3 Å². The second-order valence-corrected chi connectivity index (χ2v) is 7.20. The smallest absolute Gasteiger partial charge is 0.308 e. The van der Waals surface area contributed by atoms with Crippen LogP contribution in [0.15, 0.2) is 10.8 Å². The molecule has 0 amide bonds. The van der Waals surface area contributed by atoms with Crippen molar-refractivity contribution in [3.63, 3.8) is 0 Å². The average molecular weight is 308 g/mol. The third kappa shape index (κ3) is 3.87. The van der Waals surface area contributed by atoms with Crippen molar-refractivity contribution in [2.45, 2.75) is 40.7 Å². The Labute approximate surface area is 127 Å². The molecular formula is C14H20N4O2S. The normalized spacial score (nSPS) is 13.3. The number of aryl methyl sites for hydroxylation is 1. The molecule has 7 heteroatoms. The molecule has 2 aromatic rings. The highest BCUT2D eigenvalue weighted by Gasteiger charge is 2.27. The Hall–Kier alpha value is -1.76. The van der Waals surface area contributed by atoms with E-state index in [1.807, 2.05) is 38.5 Å². The predicted octanol–water partition coefficient (Wildman–Crippen LogP) is 2.85. The number of tetrazole rings is 1. The van der Waals surface area contributed by atoms with Gasteiger partial charge in [0.2, 0.25) is 0 Å². The molecule has 21 heavy (non-hydrogen) atoms. The average Bonchev–Trinajstić information content (AvgIpc) is 2.95. The number of carboxylic acid groups (broad SMARTS) is 1. The molecule has 6 nitrogen and oxygen atoms in total. The first-order chi connectivity index (χ1) is 9.78. The summed E-state index contributed by atoms with van der Waals surface area (Å²) in [5, 5.41) is 25.1. The van der Waals surface area contributed by atoms with Crippen LogP contribution in [-0.4, -0.2) is 31.3 Å². The fourth-order valence-electron chi connectivity index (χ4n) is 2.29. The largest absolute Gasteiger partial charge is 0.481 e. The van der Waals surface area contributed by atoms with Crippen molar-refractivity contribution in [3.8, 4) is 11.4 Å². The van der Waals surface area contributed by atoms with Gasteiger partial charge >= 0.3 is 5.97 Å². The monoisotopic (exact) mass is 308 g/mol. The van der Waals surface area contributed by atoms with Gasteiger partial charge in [-0.25, -0.2) is 4.68 Å². The van der Waals surface area contributed by atoms with E-state index < -0.39 is 11.9 Å². The molecule has 0 aliphatic carbocycles. The van der Waals surface area contributed by atoms with E-state index in [2.05, 4.69) is 15.5 Å². The van der Waals surface area contributed by atoms with Gasteiger partial charge in [0.1, 0.15) is 0 Å². The Morgan fingerprint density at radius 1 is 1.43 bits per heavy atom. The van der Waals surface area contributed by atoms with Gasteiger partial charge in [0.05, 0.1) is 12.5 Å². The Morgan fingerprint density at radius 3 is 2.67 bits per heavy atom. The van der Waals surface area contributed by atoms with Crippen molar-refractivity contribution >= 4 is 17.3 Å². The summed E-state index contributed by atoms with van der Waals surface area (Å²) in [5.74, 6) is -0.687. The topological polar surface area (TPSA) is 80.9 Å². The van der Waals surface area contributed by atoms with E-state index in [1.165, 1.54) is 0 Å². The Balaban J connectivity index is 2.25. The summed E-state index contributed by atoms with van der Waals surface area (Å²) < 4.78 is 1.60. The number of thiophene rings is 1. The summed E-state index contributed by atoms with van der Waals surface area (Å²) in [5.41, 5.74) is 2.00. The third-order valence-corrected chi connectivity index (χ3v) is 4.09. The molecule has 0 fully saturated rings. The summed E-state index contributed by atoms with van der Waals surface area (Å²) >= 11 is 1.58. The summed E-state index contributed by atoms with van der Waals surface area (Å²) in [6.07, 6.45) is 0.574. The Kier molecular flexibility index (Phi) is 4.41. The highest BCUT2D eigenvalue weighted by molar-refractivity contribution is 7.08. The van der Waals surface area contributed by atoms with Crippen LogP contribution in [0.4, 0.5) is 0 Å². The van der Waals surface area contributed by atoms with E-state index in [4.69, 9.17) is 0 Å². The minimum absolute atomic E-state index is 0.0600. The molecule has 2 rings (SSSR count). The van der Waals surface area contributed by atoms with E-state index in [1.54, 1.807) is 16.0 Å². The standard InChI is InChI=1S/C14H20N4O2S/c1-9-7-21-8-11(9)12-15-16-17-18(12)6-10(13(19)20)5-14(2,3)4/h7-8,10H,5-6H2,1-4H3,(H,19,20). The summed E-state index contributed by atoms with van der Waals surface area (Å²) in [4.78, 5) is 11.5. The number of aliphatic carboxylic acids is 1. The molecule has 0 saturated carbocycles. The number of nitrogens with zero attached hydrogens (tertiary/aromatic N) is 4. The van der Waals surface area contributed by atoms with Gasteiger partial charge in [-0.3, -0.25) is 4.79 Å². The lowest BCUT2D eigenvalue weighted by Crippen LogP contribution is -2.26. The lowest BCUT2D eigenvalue weighted by molar-refractivity contribution is -0.143. The zero-order valence-corrected chi connectivity index (χ0v) is 13.5. The summed E-state index contributed by atoms with van der Waals surface area (Å²) in [6, 6.07) is 0. The molecule has 0 radical (unpaired) electrons. The van der Waals surface area contributed by atoms with Crippen molar-refractivity contribution in [2.75, 3.05) is 0 Å². The first-order valence-electron chi connectivity index (χ1n) is 6.80. The molecular weight excluding hydrogens is 288 g/mol. The van der Waals surface area contributed by atoms with Gasteiger partial charge in [-0.2, -0.15) is 11.3 Å². The molecule has 1 N–H and O–H groups in total. The zero-order valence-electron chi connectivity index (χ0n) is 12.7. The number of aromatic nitrogens is 4. The van der Waals surface area contributed by atoms with E-state index in [9.17, 15) is 9.90 Å². The second kappa shape index (κ2) is 5.93. The minimum atomic E-state index is -0.812. The Morgan fingerprint density at radius 2 is 2.14 bits per heavy atom. The zero-order chi connectivity index (χ0) is 15.6. The van der Waals surface area contributed by atoms with Crippen LogP contribution in [0.2, 0.25) is 0 Å². The fraction of sp³-hybridized carbons (Fsp3) is 0.571. The first-order valence-corrected chi connectivity index (χ1v) is 7.74. The van der Waals surface area contributed by atoms with Crippen LogP contribution < -0.4 is 0 Å². The molecule has 0 saturated heterocycles. The van der Waals surface area contributed by atoms with Gasteiger partial charge in [-0.1, -0.05) is 20.8 Å². The van der Waals surface area contributed by atoms with Gasteiger partial charge < -0.3 is 5.11 Å². The van der Waals surface area contributed by atoms with Crippen LogP contribution in [0.1, 0.15) is 32.8 Å². The maximum Gasteiger partial charge on any atom is 0.308 e. The van der Waals surface area contributed by atoms with Crippen molar-refractivity contribution in [1.29, 1.82) is 0 Å². The van der Waals surface area contributed by atoms with Crippen LogP contribution in [0.5, 0.6) is 0 Å². The second-order valence-electron chi connectivity index (χ2n) is 6.45. The SMILES string of the molecule is Cc1cscc1-c1nnnn1CC(CC(C)(C)C)C(=O)O. The summed E-state index contributed by atoms with van der Waals surface area (Å²) in [6.45, 7) is 8.38. The Bertz CT molecular complexity index is 627. The summed E-state index contributed by atoms with van der Waals surface area (Å²) in [7, 11) is 0. The van der Waals surface area contributed by atoms with Crippen LogP contribution in [0.25, 0.3) is 11.4 Å². The van der Waals surface area contributed by atoms with Gasteiger partial charge in [-0.05, 0) is 40.1 Å². The predicted molar refractivity (Wildman–Crippen MR) is 81.1 cm³/mol. The van der Waals surface area contributed by atoms with Gasteiger partial charge in [0.15, 0.2) is 5.82 Å². The van der Waals surface area contributed by atoms with Crippen LogP contribution >= 0.6 is 11.3 Å². The number of hydrogen-bond acceptors (Lipinski definition) is 5. The molecule has 0 aromatic carbocycles. The molecule has 0 aliphatic heterocycles. The van der Waals surface area contributed by atoms with E-state index in [0.717, 1.165) is 11.1 Å².